The second-order valence-corrected chi connectivity index (χ2v) is 4.42. The smallest absolute Gasteiger partial charge is 0.229 e. The van der Waals surface area contributed by atoms with Crippen LogP contribution in [0.5, 0.6) is 11.8 Å². The Morgan fingerprint density at radius 1 is 1.33 bits per heavy atom. The van der Waals surface area contributed by atoms with E-state index in [-0.39, 0.29) is 0 Å². The number of halogens is 1. The minimum absolute atomic E-state index is 0.427. The van der Waals surface area contributed by atoms with E-state index in [4.69, 9.17) is 16.3 Å². The molecule has 0 fully saturated rings. The maximum atomic E-state index is 6.06. The molecule has 5 nitrogen and oxygen atoms in total. The number of ether oxygens (including phenoxy) is 1. The molecule has 0 aliphatic carbocycles. The number of nitrogens with zero attached hydrogens (tertiary/aromatic N) is 4. The lowest BCUT2D eigenvalue weighted by Crippen LogP contribution is -2.02. The lowest BCUT2D eigenvalue weighted by molar-refractivity contribution is 0.409. The lowest BCUT2D eigenvalue weighted by Gasteiger charge is -2.09. The molecule has 6 heteroatoms. The van der Waals surface area contributed by atoms with E-state index in [2.05, 4.69) is 15.1 Å². The molecule has 0 aromatic carbocycles. The second kappa shape index (κ2) is 4.94. The highest BCUT2D eigenvalue weighted by molar-refractivity contribution is 6.30. The maximum Gasteiger partial charge on any atom is 0.229 e. The Morgan fingerprint density at radius 2 is 2.06 bits per heavy atom. The molecule has 0 aliphatic rings. The van der Waals surface area contributed by atoms with Crippen molar-refractivity contribution in [1.82, 2.24) is 19.7 Å². The van der Waals surface area contributed by atoms with Gasteiger partial charge in [-0.1, -0.05) is 18.5 Å². The molecule has 2 heterocycles. The second-order valence-electron chi connectivity index (χ2n) is 4.06. The predicted molar refractivity (Wildman–Crippen MR) is 69.2 cm³/mol. The van der Waals surface area contributed by atoms with Crippen molar-refractivity contribution in [3.05, 3.63) is 28.3 Å². The van der Waals surface area contributed by atoms with Crippen LogP contribution in [0.4, 0.5) is 0 Å². The van der Waals surface area contributed by atoms with Gasteiger partial charge >= 0.3 is 0 Å². The quantitative estimate of drug-likeness (QED) is 0.802. The van der Waals surface area contributed by atoms with Crippen molar-refractivity contribution >= 4 is 11.6 Å². The molecule has 0 N–H and O–H groups in total. The number of hydrogen-bond acceptors (Lipinski definition) is 4. The highest BCUT2D eigenvalue weighted by Gasteiger charge is 2.13. The third-order valence-electron chi connectivity index (χ3n) is 2.56. The summed E-state index contributed by atoms with van der Waals surface area (Å²) < 4.78 is 7.41. The average molecular weight is 267 g/mol. The van der Waals surface area contributed by atoms with Crippen LogP contribution in [0.25, 0.3) is 0 Å². The van der Waals surface area contributed by atoms with E-state index in [0.29, 0.717) is 29.2 Å². The standard InChI is InChI=1S/C12H15ClN4O/c1-5-9-14-11(13)8(3)12(15-9)18-10-6-7(2)16-17(10)4/h6H,5H2,1-4H3. The number of rotatable bonds is 3. The van der Waals surface area contributed by atoms with Crippen molar-refractivity contribution in [2.24, 2.45) is 7.05 Å². The van der Waals surface area contributed by atoms with Gasteiger partial charge in [-0.3, -0.25) is 0 Å². The summed E-state index contributed by atoms with van der Waals surface area (Å²) >= 11 is 6.06. The van der Waals surface area contributed by atoms with Gasteiger partial charge in [-0.25, -0.2) is 9.67 Å². The zero-order valence-electron chi connectivity index (χ0n) is 10.9. The van der Waals surface area contributed by atoms with E-state index in [0.717, 1.165) is 11.3 Å². The Labute approximate surface area is 111 Å². The van der Waals surface area contributed by atoms with Crippen LogP contribution in [-0.4, -0.2) is 19.7 Å². The van der Waals surface area contributed by atoms with Gasteiger partial charge in [0, 0.05) is 25.1 Å². The van der Waals surface area contributed by atoms with Gasteiger partial charge in [0.15, 0.2) is 0 Å². The van der Waals surface area contributed by atoms with Gasteiger partial charge in [0.25, 0.3) is 0 Å². The summed E-state index contributed by atoms with van der Waals surface area (Å²) in [5, 5.41) is 4.64. The van der Waals surface area contributed by atoms with Gasteiger partial charge in [0.1, 0.15) is 11.0 Å². The van der Waals surface area contributed by atoms with Crippen molar-refractivity contribution in [2.45, 2.75) is 27.2 Å². The zero-order valence-corrected chi connectivity index (χ0v) is 11.6. The Morgan fingerprint density at radius 3 is 2.61 bits per heavy atom. The Kier molecular flexibility index (Phi) is 3.52. The highest BCUT2D eigenvalue weighted by atomic mass is 35.5. The first-order valence-corrected chi connectivity index (χ1v) is 6.10. The van der Waals surface area contributed by atoms with Gasteiger partial charge in [-0.05, 0) is 13.8 Å². The molecule has 2 rings (SSSR count). The normalized spacial score (nSPS) is 10.7. The van der Waals surface area contributed by atoms with E-state index in [1.165, 1.54) is 0 Å². The number of hydrogen-bond donors (Lipinski definition) is 0. The summed E-state index contributed by atoms with van der Waals surface area (Å²) in [5.74, 6) is 1.78. The molecule has 0 bridgehead atoms. The van der Waals surface area contributed by atoms with E-state index in [9.17, 15) is 0 Å². The van der Waals surface area contributed by atoms with E-state index >= 15 is 0 Å². The summed E-state index contributed by atoms with van der Waals surface area (Å²) in [4.78, 5) is 8.51. The van der Waals surface area contributed by atoms with Crippen LogP contribution in [-0.2, 0) is 13.5 Å². The molecule has 0 aliphatic heterocycles. The zero-order chi connectivity index (χ0) is 13.3. The van der Waals surface area contributed by atoms with E-state index in [1.807, 2.05) is 33.9 Å². The molecule has 0 amide bonds. The molecule has 18 heavy (non-hydrogen) atoms. The van der Waals surface area contributed by atoms with Crippen LogP contribution in [0, 0.1) is 13.8 Å². The van der Waals surface area contributed by atoms with Crippen molar-refractivity contribution in [3.63, 3.8) is 0 Å². The fraction of sp³-hybridized carbons (Fsp3) is 0.417. The summed E-state index contributed by atoms with van der Waals surface area (Å²) in [6, 6.07) is 1.85. The molecule has 96 valence electrons. The van der Waals surface area contributed by atoms with Gasteiger partial charge < -0.3 is 4.74 Å². The van der Waals surface area contributed by atoms with Crippen molar-refractivity contribution in [3.8, 4) is 11.8 Å². The Bertz CT molecular complexity index is 580. The number of aromatic nitrogens is 4. The lowest BCUT2D eigenvalue weighted by atomic mass is 10.3. The average Bonchev–Trinajstić information content (AvgIpc) is 2.63. The summed E-state index contributed by atoms with van der Waals surface area (Å²) in [7, 11) is 1.82. The largest absolute Gasteiger partial charge is 0.421 e. The van der Waals surface area contributed by atoms with Crippen molar-refractivity contribution in [2.75, 3.05) is 0 Å². The molecule has 0 unspecified atom stereocenters. The first kappa shape index (κ1) is 12.8. The first-order chi connectivity index (χ1) is 8.51. The van der Waals surface area contributed by atoms with Crippen LogP contribution in [0.3, 0.4) is 0 Å². The van der Waals surface area contributed by atoms with Crippen LogP contribution in [0.2, 0.25) is 5.15 Å². The van der Waals surface area contributed by atoms with Gasteiger partial charge in [0.05, 0.1) is 5.69 Å². The molecule has 0 saturated heterocycles. The minimum Gasteiger partial charge on any atom is -0.421 e. The minimum atomic E-state index is 0.427. The Balaban J connectivity index is 2.39. The van der Waals surface area contributed by atoms with Crippen LogP contribution in [0.1, 0.15) is 24.0 Å². The molecule has 0 spiro atoms. The summed E-state index contributed by atoms with van der Waals surface area (Å²) in [6.45, 7) is 5.71. The van der Waals surface area contributed by atoms with Crippen LogP contribution >= 0.6 is 11.6 Å². The van der Waals surface area contributed by atoms with E-state index < -0.39 is 0 Å². The molecule has 0 radical (unpaired) electrons. The third-order valence-corrected chi connectivity index (χ3v) is 2.93. The number of aryl methyl sites for hydroxylation is 3. The molecule has 2 aromatic heterocycles. The van der Waals surface area contributed by atoms with Crippen LogP contribution < -0.4 is 4.74 Å². The third kappa shape index (κ3) is 2.46. The summed E-state index contributed by atoms with van der Waals surface area (Å²) in [5.41, 5.74) is 1.62. The predicted octanol–water partition coefficient (Wildman–Crippen LogP) is 2.84. The van der Waals surface area contributed by atoms with Crippen molar-refractivity contribution < 1.29 is 4.74 Å². The summed E-state index contributed by atoms with van der Waals surface area (Å²) in [6.07, 6.45) is 0.709. The van der Waals surface area contributed by atoms with E-state index in [1.54, 1.807) is 4.68 Å². The Hall–Kier alpha value is -1.62. The molecule has 0 saturated carbocycles. The van der Waals surface area contributed by atoms with Gasteiger partial charge in [0.2, 0.25) is 11.8 Å². The topological polar surface area (TPSA) is 52.8 Å². The first-order valence-electron chi connectivity index (χ1n) is 5.72. The highest BCUT2D eigenvalue weighted by Crippen LogP contribution is 2.27. The fourth-order valence-corrected chi connectivity index (χ4v) is 1.73. The molecular formula is C12H15ClN4O. The fourth-order valence-electron chi connectivity index (χ4n) is 1.55. The molecular weight excluding hydrogens is 252 g/mol. The van der Waals surface area contributed by atoms with Crippen LogP contribution in [0.15, 0.2) is 6.07 Å². The molecule has 0 atom stereocenters. The SMILES string of the molecule is CCc1nc(Cl)c(C)c(Oc2cc(C)nn2C)n1. The van der Waals surface area contributed by atoms with Gasteiger partial charge in [-0.2, -0.15) is 10.1 Å². The van der Waals surface area contributed by atoms with Crippen molar-refractivity contribution in [1.29, 1.82) is 0 Å². The molecule has 2 aromatic rings. The monoisotopic (exact) mass is 266 g/mol. The maximum absolute atomic E-state index is 6.06. The van der Waals surface area contributed by atoms with Gasteiger partial charge in [-0.15, -0.1) is 0 Å².